The third-order valence-electron chi connectivity index (χ3n) is 17.1. The van der Waals surface area contributed by atoms with Crippen LogP contribution in [-0.4, -0.2) is 0 Å². The average Bonchev–Trinajstić information content (AvgIpc) is 4.18. The molecule has 0 amide bonds. The number of benzene rings is 11. The van der Waals surface area contributed by atoms with E-state index in [1.807, 2.05) is 12.1 Å². The summed E-state index contributed by atoms with van der Waals surface area (Å²) in [4.78, 5) is 0. The summed E-state index contributed by atoms with van der Waals surface area (Å²) >= 11 is 0. The van der Waals surface area contributed by atoms with Crippen LogP contribution in [0.1, 0.15) is 72.6 Å². The molecule has 0 spiro atoms. The zero-order chi connectivity index (χ0) is 50.2. The highest BCUT2D eigenvalue weighted by molar-refractivity contribution is 6.07. The van der Waals surface area contributed by atoms with Gasteiger partial charge in [0, 0.05) is 38.3 Å². The molecule has 2 aliphatic rings. The summed E-state index contributed by atoms with van der Waals surface area (Å²) in [6, 6.07) is 87.6. The summed E-state index contributed by atoms with van der Waals surface area (Å²) < 4.78 is 12.7. The monoisotopic (exact) mass is 960 g/mol. The van der Waals surface area contributed by atoms with E-state index in [-0.39, 0.29) is 16.7 Å². The van der Waals surface area contributed by atoms with Crippen molar-refractivity contribution in [3.63, 3.8) is 0 Å². The van der Waals surface area contributed by atoms with Crippen LogP contribution < -0.4 is 0 Å². The summed E-state index contributed by atoms with van der Waals surface area (Å²) in [5, 5.41) is 4.61. The van der Waals surface area contributed by atoms with Gasteiger partial charge in [0.25, 0.3) is 0 Å². The Labute approximate surface area is 437 Å². The van der Waals surface area contributed by atoms with E-state index in [1.54, 1.807) is 0 Å². The van der Waals surface area contributed by atoms with E-state index in [0.717, 1.165) is 55.0 Å². The quantitative estimate of drug-likeness (QED) is 0.149. The van der Waals surface area contributed by atoms with E-state index < -0.39 is 0 Å². The van der Waals surface area contributed by atoms with Crippen molar-refractivity contribution in [2.75, 3.05) is 0 Å². The average molecular weight is 961 g/mol. The van der Waals surface area contributed by atoms with Gasteiger partial charge in [0.05, 0.1) is 0 Å². The van der Waals surface area contributed by atoms with Crippen LogP contribution in [0.15, 0.2) is 245 Å². The molecule has 75 heavy (non-hydrogen) atoms. The number of hydrogen-bond acceptors (Lipinski definition) is 2. The standard InChI is InChI=1S/C73H52O2/c1-72(2)63-38-49(51-28-36-61-59-14-8-10-16-67(59)74-69(61)42-51)26-32-55(63)57-34-30-53(40-65(57)72)71(48-24-22-47(23-25-48)46-20-18-45(19-21-46)44-12-6-5-7-13-44)54-31-35-58-56-33-27-50(39-64(56)73(3,4)66(58)41-54)52-29-37-62-60-15-9-11-17-68(60)75-70(62)43-52/h5-43,71H,1-4H3. The molecule has 0 fully saturated rings. The molecule has 13 aromatic rings. The van der Waals surface area contributed by atoms with Gasteiger partial charge in [0.1, 0.15) is 22.3 Å². The van der Waals surface area contributed by atoms with E-state index in [0.29, 0.717) is 0 Å². The molecule has 0 unspecified atom stereocenters. The predicted molar refractivity (Wildman–Crippen MR) is 312 cm³/mol. The minimum absolute atomic E-state index is 0.00803. The number of hydrogen-bond donors (Lipinski definition) is 0. The lowest BCUT2D eigenvalue weighted by atomic mass is 9.77. The van der Waals surface area contributed by atoms with Crippen LogP contribution in [0.3, 0.4) is 0 Å². The van der Waals surface area contributed by atoms with Crippen molar-refractivity contribution in [2.24, 2.45) is 0 Å². The molecule has 2 aliphatic carbocycles. The SMILES string of the molecule is CC1(C)c2cc(-c3ccc4c(c3)oc3ccccc34)ccc2-c2ccc(C(c3ccc(-c4ccc(-c5ccccc5)cc4)cc3)c3ccc4c(c3)C(C)(C)c3cc(-c5ccc6c(c5)oc5ccccc56)ccc3-4)cc21. The van der Waals surface area contributed by atoms with Crippen molar-refractivity contribution in [1.82, 2.24) is 0 Å². The molecule has 0 aliphatic heterocycles. The minimum Gasteiger partial charge on any atom is -0.456 e. The van der Waals surface area contributed by atoms with Crippen LogP contribution in [0, 0.1) is 0 Å². The first-order valence-electron chi connectivity index (χ1n) is 26.3. The van der Waals surface area contributed by atoms with E-state index in [9.17, 15) is 0 Å². The number of para-hydroxylation sites is 2. The van der Waals surface area contributed by atoms with Crippen molar-refractivity contribution in [2.45, 2.75) is 44.4 Å². The summed E-state index contributed by atoms with van der Waals surface area (Å²) in [6.07, 6.45) is 0. The van der Waals surface area contributed by atoms with Gasteiger partial charge >= 0.3 is 0 Å². The lowest BCUT2D eigenvalue weighted by molar-refractivity contribution is 0.657. The Bertz CT molecular complexity index is 4220. The van der Waals surface area contributed by atoms with Gasteiger partial charge in [-0.3, -0.25) is 0 Å². The molecule has 0 radical (unpaired) electrons. The van der Waals surface area contributed by atoms with Gasteiger partial charge in [-0.2, -0.15) is 0 Å². The highest BCUT2D eigenvalue weighted by Crippen LogP contribution is 2.54. The van der Waals surface area contributed by atoms with Crippen LogP contribution in [0.5, 0.6) is 0 Å². The molecular formula is C73H52O2. The molecule has 2 heterocycles. The summed E-state index contributed by atoms with van der Waals surface area (Å²) in [6.45, 7) is 9.61. The van der Waals surface area contributed by atoms with Gasteiger partial charge in [-0.25, -0.2) is 0 Å². The lowest BCUT2D eigenvalue weighted by Gasteiger charge is -2.26. The zero-order valence-corrected chi connectivity index (χ0v) is 42.4. The maximum absolute atomic E-state index is 6.35. The fourth-order valence-electron chi connectivity index (χ4n) is 13.0. The van der Waals surface area contributed by atoms with Gasteiger partial charge < -0.3 is 8.83 Å². The van der Waals surface area contributed by atoms with Gasteiger partial charge in [-0.15, -0.1) is 0 Å². The van der Waals surface area contributed by atoms with Crippen LogP contribution in [0.4, 0.5) is 0 Å². The van der Waals surface area contributed by atoms with Gasteiger partial charge in [-0.05, 0) is 154 Å². The Hall–Kier alpha value is -8.98. The fraction of sp³-hybridized carbons (Fsp3) is 0.0959. The molecule has 0 N–H and O–H groups in total. The maximum Gasteiger partial charge on any atom is 0.136 e. The first kappa shape index (κ1) is 43.6. The van der Waals surface area contributed by atoms with Crippen LogP contribution in [0.2, 0.25) is 0 Å². The fourth-order valence-corrected chi connectivity index (χ4v) is 13.0. The summed E-state index contributed by atoms with van der Waals surface area (Å²) in [7, 11) is 0. The Morgan fingerprint density at radius 2 is 0.573 bits per heavy atom. The first-order chi connectivity index (χ1) is 36.6. The second kappa shape index (κ2) is 16.3. The molecular weight excluding hydrogens is 909 g/mol. The second-order valence-corrected chi connectivity index (χ2v) is 22.0. The Morgan fingerprint density at radius 1 is 0.253 bits per heavy atom. The van der Waals surface area contributed by atoms with Crippen molar-refractivity contribution >= 4 is 43.9 Å². The first-order valence-corrected chi connectivity index (χ1v) is 26.3. The Balaban J connectivity index is 0.808. The third kappa shape index (κ3) is 6.79. The number of fused-ring (bicyclic) bond motifs is 12. The Kier molecular flexibility index (Phi) is 9.45. The normalized spacial score (nSPS) is 13.9. The molecule has 356 valence electrons. The van der Waals surface area contributed by atoms with E-state index in [1.165, 1.54) is 94.6 Å². The minimum atomic E-state index is -0.227. The van der Waals surface area contributed by atoms with Crippen molar-refractivity contribution < 1.29 is 8.83 Å². The van der Waals surface area contributed by atoms with Crippen molar-refractivity contribution in [3.8, 4) is 66.8 Å². The molecule has 2 aromatic heterocycles. The molecule has 2 nitrogen and oxygen atoms in total. The lowest BCUT2D eigenvalue weighted by Crippen LogP contribution is -2.17. The smallest absolute Gasteiger partial charge is 0.136 e. The van der Waals surface area contributed by atoms with Crippen LogP contribution in [0.25, 0.3) is 111 Å². The molecule has 2 heteroatoms. The molecule has 11 aromatic carbocycles. The van der Waals surface area contributed by atoms with Crippen molar-refractivity contribution in [1.29, 1.82) is 0 Å². The highest BCUT2D eigenvalue weighted by Gasteiger charge is 2.39. The van der Waals surface area contributed by atoms with Gasteiger partial charge in [-0.1, -0.05) is 216 Å². The van der Waals surface area contributed by atoms with Crippen LogP contribution >= 0.6 is 0 Å². The summed E-state index contributed by atoms with van der Waals surface area (Å²) in [5.74, 6) is -0.00803. The van der Waals surface area contributed by atoms with Gasteiger partial charge in [0.2, 0.25) is 0 Å². The molecule has 15 rings (SSSR count). The summed E-state index contributed by atoms with van der Waals surface area (Å²) in [5.41, 5.74) is 27.3. The highest BCUT2D eigenvalue weighted by atomic mass is 16.3. The number of rotatable bonds is 7. The maximum atomic E-state index is 6.35. The van der Waals surface area contributed by atoms with E-state index >= 15 is 0 Å². The van der Waals surface area contributed by atoms with Gasteiger partial charge in [0.15, 0.2) is 0 Å². The van der Waals surface area contributed by atoms with E-state index in [4.69, 9.17) is 8.83 Å². The number of furan rings is 2. The third-order valence-corrected chi connectivity index (χ3v) is 17.1. The van der Waals surface area contributed by atoms with E-state index in [2.05, 4.69) is 252 Å². The second-order valence-electron chi connectivity index (χ2n) is 22.0. The topological polar surface area (TPSA) is 26.3 Å². The van der Waals surface area contributed by atoms with Crippen molar-refractivity contribution in [3.05, 3.63) is 276 Å². The Morgan fingerprint density at radius 3 is 1.04 bits per heavy atom. The molecule has 0 saturated heterocycles. The zero-order valence-electron chi connectivity index (χ0n) is 42.4. The van der Waals surface area contributed by atoms with Crippen LogP contribution in [-0.2, 0) is 10.8 Å². The molecule has 0 atom stereocenters. The largest absolute Gasteiger partial charge is 0.456 e. The predicted octanol–water partition coefficient (Wildman–Crippen LogP) is 19.9. The molecule has 0 saturated carbocycles. The molecule has 0 bridgehead atoms.